The number of fused-ring (bicyclic) bond motifs is 1. The Kier molecular flexibility index (Phi) is 6.64. The van der Waals surface area contributed by atoms with Gasteiger partial charge in [0.2, 0.25) is 5.95 Å². The number of ether oxygens (including phenoxy) is 3. The summed E-state index contributed by atoms with van der Waals surface area (Å²) in [4.78, 5) is 35.8. The van der Waals surface area contributed by atoms with E-state index in [0.717, 1.165) is 0 Å². The molecule has 1 atom stereocenters. The van der Waals surface area contributed by atoms with Crippen molar-refractivity contribution in [2.24, 2.45) is 0 Å². The van der Waals surface area contributed by atoms with Crippen molar-refractivity contribution in [2.45, 2.75) is 6.04 Å². The number of aromatic amines is 1. The number of benzene rings is 3. The smallest absolute Gasteiger partial charge is 0.302 e. The lowest BCUT2D eigenvalue weighted by molar-refractivity contribution is -0.132. The molecular weight excluding hydrogens is 533 g/mol. The fraction of sp³-hybridized carbons (Fsp3) is 0.148. The van der Waals surface area contributed by atoms with Crippen molar-refractivity contribution in [3.8, 4) is 17.2 Å². The fourth-order valence-corrected chi connectivity index (χ4v) is 5.03. The van der Waals surface area contributed by atoms with Crippen molar-refractivity contribution in [1.29, 1.82) is 0 Å². The molecule has 1 aromatic heterocycles. The number of nitrogens with zero attached hydrogens (tertiary/aromatic N) is 2. The number of amides is 1. The van der Waals surface area contributed by atoms with Crippen LogP contribution < -0.4 is 19.1 Å². The highest BCUT2D eigenvalue weighted by molar-refractivity contribution is 6.51. The summed E-state index contributed by atoms with van der Waals surface area (Å²) in [5.41, 5.74) is 1.56. The largest absolute Gasteiger partial charge is 0.507 e. The molecule has 0 bridgehead atoms. The minimum Gasteiger partial charge on any atom is -0.507 e. The standard InChI is InChI=1S/C27H21Cl2N3O6/c1-36-15-6-4-13(5-7-15)22-21(23(33)17-10-14(28)11-18(29)25(17)38-3)24(34)26(35)32(22)27-30-19-9-8-16(37-2)12-20(19)31-27/h4-12,22,33H,1-3H3,(H,30,31)/b23-21+. The molecule has 4 aromatic rings. The van der Waals surface area contributed by atoms with E-state index in [1.807, 2.05) is 0 Å². The monoisotopic (exact) mass is 553 g/mol. The maximum Gasteiger partial charge on any atom is 0.302 e. The van der Waals surface area contributed by atoms with Crippen molar-refractivity contribution < 1.29 is 28.9 Å². The van der Waals surface area contributed by atoms with Crippen LogP contribution in [-0.2, 0) is 9.59 Å². The number of H-pyrrole nitrogens is 1. The van der Waals surface area contributed by atoms with E-state index < -0.39 is 23.5 Å². The summed E-state index contributed by atoms with van der Waals surface area (Å²) in [7, 11) is 4.43. The summed E-state index contributed by atoms with van der Waals surface area (Å²) >= 11 is 12.5. The Morgan fingerprint density at radius 1 is 0.947 bits per heavy atom. The predicted molar refractivity (Wildman–Crippen MR) is 143 cm³/mol. The lowest BCUT2D eigenvalue weighted by Gasteiger charge is -2.23. The normalized spacial score (nSPS) is 16.8. The molecule has 1 aliphatic rings. The van der Waals surface area contributed by atoms with Gasteiger partial charge in [-0.2, -0.15) is 0 Å². The second kappa shape index (κ2) is 9.92. The summed E-state index contributed by atoms with van der Waals surface area (Å²) in [6.45, 7) is 0. The van der Waals surface area contributed by atoms with E-state index in [-0.39, 0.29) is 32.9 Å². The molecule has 38 heavy (non-hydrogen) atoms. The highest BCUT2D eigenvalue weighted by atomic mass is 35.5. The van der Waals surface area contributed by atoms with Crippen molar-refractivity contribution in [3.05, 3.63) is 81.3 Å². The van der Waals surface area contributed by atoms with Crippen LogP contribution in [0.2, 0.25) is 10.0 Å². The molecule has 2 heterocycles. The third-order valence-corrected chi connectivity index (χ3v) is 6.75. The average Bonchev–Trinajstić information content (AvgIpc) is 3.45. The first-order valence-electron chi connectivity index (χ1n) is 11.3. The van der Waals surface area contributed by atoms with Gasteiger partial charge in [0, 0.05) is 11.1 Å². The molecule has 1 amide bonds. The Bertz CT molecular complexity index is 1610. The third kappa shape index (κ3) is 4.19. The first-order valence-corrected chi connectivity index (χ1v) is 12.0. The zero-order valence-corrected chi connectivity index (χ0v) is 21.9. The molecule has 0 aliphatic carbocycles. The predicted octanol–water partition coefficient (Wildman–Crippen LogP) is 5.52. The molecule has 2 N–H and O–H groups in total. The van der Waals surface area contributed by atoms with Crippen molar-refractivity contribution in [2.75, 3.05) is 26.2 Å². The zero-order valence-electron chi connectivity index (χ0n) is 20.4. The zero-order chi connectivity index (χ0) is 27.1. The lowest BCUT2D eigenvalue weighted by atomic mass is 9.95. The number of rotatable bonds is 6. The van der Waals surface area contributed by atoms with Crippen LogP contribution in [0.15, 0.2) is 60.2 Å². The van der Waals surface area contributed by atoms with Gasteiger partial charge in [-0.05, 0) is 42.0 Å². The number of carbonyl (C=O) groups excluding carboxylic acids is 2. The number of Topliss-reactive ketones (excluding diaryl/α,β-unsaturated/α-hetero) is 1. The second-order valence-electron chi connectivity index (χ2n) is 8.35. The van der Waals surface area contributed by atoms with Crippen molar-refractivity contribution >= 4 is 57.6 Å². The molecule has 1 fully saturated rings. The van der Waals surface area contributed by atoms with Gasteiger partial charge in [0.25, 0.3) is 5.78 Å². The fourth-order valence-electron chi connectivity index (χ4n) is 4.46. The summed E-state index contributed by atoms with van der Waals surface area (Å²) < 4.78 is 15.9. The number of halogens is 2. The number of imidazole rings is 1. The molecule has 1 unspecified atom stereocenters. The maximum atomic E-state index is 13.5. The van der Waals surface area contributed by atoms with Crippen molar-refractivity contribution in [3.63, 3.8) is 0 Å². The molecule has 1 aliphatic heterocycles. The number of aromatic nitrogens is 2. The topological polar surface area (TPSA) is 114 Å². The van der Waals surface area contributed by atoms with E-state index in [1.165, 1.54) is 38.4 Å². The number of hydrogen-bond acceptors (Lipinski definition) is 7. The summed E-state index contributed by atoms with van der Waals surface area (Å²) in [6.07, 6.45) is 0. The van der Waals surface area contributed by atoms with E-state index >= 15 is 0 Å². The number of aliphatic hydroxyl groups excluding tert-OH is 1. The minimum absolute atomic E-state index is 0.0656. The first-order chi connectivity index (χ1) is 18.3. The maximum absolute atomic E-state index is 13.5. The highest BCUT2D eigenvalue weighted by Gasteiger charge is 2.48. The number of aliphatic hydroxyl groups is 1. The highest BCUT2D eigenvalue weighted by Crippen LogP contribution is 2.45. The molecule has 0 radical (unpaired) electrons. The molecular formula is C27H21Cl2N3O6. The number of anilines is 1. The Morgan fingerprint density at radius 2 is 1.63 bits per heavy atom. The van der Waals surface area contributed by atoms with Crippen LogP contribution in [0.3, 0.4) is 0 Å². The van der Waals surface area contributed by atoms with Gasteiger partial charge >= 0.3 is 5.91 Å². The lowest BCUT2D eigenvalue weighted by Crippen LogP contribution is -2.30. The number of hydrogen-bond donors (Lipinski definition) is 2. The summed E-state index contributed by atoms with van der Waals surface area (Å²) in [6, 6.07) is 13.8. The van der Waals surface area contributed by atoms with Crippen LogP contribution in [0.5, 0.6) is 17.2 Å². The average molecular weight is 554 g/mol. The molecule has 0 saturated carbocycles. The first kappa shape index (κ1) is 25.4. The van der Waals surface area contributed by atoms with Gasteiger partial charge < -0.3 is 24.3 Å². The summed E-state index contributed by atoms with van der Waals surface area (Å²) in [5, 5.41) is 11.8. The van der Waals surface area contributed by atoms with Crippen LogP contribution in [0.4, 0.5) is 5.95 Å². The number of carbonyl (C=O) groups is 2. The Labute approximate surface area is 227 Å². The van der Waals surface area contributed by atoms with Crippen LogP contribution >= 0.6 is 23.2 Å². The van der Waals surface area contributed by atoms with E-state index in [2.05, 4.69) is 9.97 Å². The Hall–Kier alpha value is -4.21. The molecule has 194 valence electrons. The van der Waals surface area contributed by atoms with Crippen LogP contribution in [0.25, 0.3) is 16.8 Å². The van der Waals surface area contributed by atoms with Gasteiger partial charge in [-0.15, -0.1) is 0 Å². The second-order valence-corrected chi connectivity index (χ2v) is 9.20. The molecule has 3 aromatic carbocycles. The van der Waals surface area contributed by atoms with Gasteiger partial charge in [-0.1, -0.05) is 35.3 Å². The quantitative estimate of drug-likeness (QED) is 0.183. The number of nitrogens with one attached hydrogen (secondary N) is 1. The minimum atomic E-state index is -1.05. The van der Waals surface area contributed by atoms with E-state index in [1.54, 1.807) is 42.5 Å². The van der Waals surface area contributed by atoms with Crippen molar-refractivity contribution in [1.82, 2.24) is 9.97 Å². The van der Waals surface area contributed by atoms with E-state index in [4.69, 9.17) is 37.4 Å². The van der Waals surface area contributed by atoms with Gasteiger partial charge in [-0.3, -0.25) is 14.5 Å². The molecule has 11 heteroatoms. The third-order valence-electron chi connectivity index (χ3n) is 6.25. The molecule has 5 rings (SSSR count). The van der Waals surface area contributed by atoms with Crippen LogP contribution in [0.1, 0.15) is 17.2 Å². The van der Waals surface area contributed by atoms with Gasteiger partial charge in [0.05, 0.1) is 54.6 Å². The Balaban J connectivity index is 1.75. The van der Waals surface area contributed by atoms with Gasteiger partial charge in [0.15, 0.2) is 0 Å². The SMILES string of the molecule is COc1ccc(C2/C(=C(\O)c3cc(Cl)cc(Cl)c3OC)C(=O)C(=O)N2c2nc3ccc(OC)cc3[nH]2)cc1. The van der Waals surface area contributed by atoms with Gasteiger partial charge in [0.1, 0.15) is 23.0 Å². The Morgan fingerprint density at radius 3 is 2.29 bits per heavy atom. The molecule has 0 spiro atoms. The molecule has 1 saturated heterocycles. The van der Waals surface area contributed by atoms with Crippen LogP contribution in [-0.4, -0.2) is 48.1 Å². The van der Waals surface area contributed by atoms with Gasteiger partial charge in [-0.25, -0.2) is 4.98 Å². The van der Waals surface area contributed by atoms with E-state index in [9.17, 15) is 14.7 Å². The molecule has 9 nitrogen and oxygen atoms in total. The van der Waals surface area contributed by atoms with Crippen LogP contribution in [0, 0.1) is 0 Å². The number of ketones is 1. The van der Waals surface area contributed by atoms with E-state index in [0.29, 0.717) is 28.1 Å². The summed E-state index contributed by atoms with van der Waals surface area (Å²) in [5.74, 6) is -0.915. The number of methoxy groups -OCH3 is 3.